The molecule has 126 valence electrons. The van der Waals surface area contributed by atoms with Crippen LogP contribution in [0.3, 0.4) is 0 Å². The van der Waals surface area contributed by atoms with Crippen LogP contribution in [0.15, 0.2) is 16.4 Å². The first kappa shape index (κ1) is 17.9. The van der Waals surface area contributed by atoms with Gasteiger partial charge in [-0.05, 0) is 18.8 Å². The van der Waals surface area contributed by atoms with Gasteiger partial charge < -0.3 is 10.2 Å². The van der Waals surface area contributed by atoms with Crippen molar-refractivity contribution >= 4 is 46.8 Å². The Morgan fingerprint density at radius 2 is 2.22 bits per heavy atom. The van der Waals surface area contributed by atoms with Gasteiger partial charge in [-0.3, -0.25) is 19.3 Å². The molecule has 7 nitrogen and oxygen atoms in total. The van der Waals surface area contributed by atoms with E-state index in [1.807, 2.05) is 13.2 Å². The molecule has 0 radical (unpaired) electrons. The van der Waals surface area contributed by atoms with Crippen molar-refractivity contribution in [1.29, 1.82) is 0 Å². The van der Waals surface area contributed by atoms with Crippen LogP contribution in [-0.2, 0) is 19.2 Å². The van der Waals surface area contributed by atoms with Gasteiger partial charge in [0.2, 0.25) is 5.71 Å². The van der Waals surface area contributed by atoms with Crippen LogP contribution in [0.4, 0.5) is 0 Å². The third kappa shape index (κ3) is 3.40. The molecule has 1 N–H and O–H groups in total. The van der Waals surface area contributed by atoms with Crippen molar-refractivity contribution in [2.24, 2.45) is 5.16 Å². The first-order valence-electron chi connectivity index (χ1n) is 6.97. The number of oxime groups is 1. The smallest absolute Gasteiger partial charge is 0.277 e. The molecule has 2 atom stereocenters. The van der Waals surface area contributed by atoms with Crippen molar-refractivity contribution in [3.05, 3.63) is 11.3 Å². The highest BCUT2D eigenvalue weighted by Gasteiger charge is 2.51. The molecule has 2 amide bonds. The average molecular weight is 357 g/mol. The molecule has 0 spiro atoms. The molecule has 2 aliphatic rings. The first-order valence-corrected chi connectivity index (χ1v) is 9.41. The Labute approximate surface area is 143 Å². The maximum atomic E-state index is 12.3. The van der Waals surface area contributed by atoms with E-state index < -0.39 is 17.7 Å². The number of fused-ring (bicyclic) bond motifs is 1. The molecule has 0 aliphatic carbocycles. The number of rotatable bonds is 6. The molecule has 2 aliphatic heterocycles. The van der Waals surface area contributed by atoms with Gasteiger partial charge >= 0.3 is 0 Å². The summed E-state index contributed by atoms with van der Waals surface area (Å²) in [6.45, 7) is 3.16. The van der Waals surface area contributed by atoms with Gasteiger partial charge in [-0.25, -0.2) is 0 Å². The van der Waals surface area contributed by atoms with Crippen molar-refractivity contribution in [3.8, 4) is 0 Å². The van der Waals surface area contributed by atoms with E-state index in [0.717, 1.165) is 17.2 Å². The number of ketones is 1. The summed E-state index contributed by atoms with van der Waals surface area (Å²) in [6.07, 6.45) is 2.02. The number of amides is 2. The summed E-state index contributed by atoms with van der Waals surface area (Å²) in [4.78, 5) is 42.1. The fourth-order valence-corrected chi connectivity index (χ4v) is 4.73. The normalized spacial score (nSPS) is 24.1. The van der Waals surface area contributed by atoms with Crippen molar-refractivity contribution in [2.45, 2.75) is 25.3 Å². The van der Waals surface area contributed by atoms with Gasteiger partial charge in [-0.1, -0.05) is 5.16 Å². The van der Waals surface area contributed by atoms with E-state index in [2.05, 4.69) is 15.3 Å². The molecule has 1 saturated heterocycles. The second-order valence-electron chi connectivity index (χ2n) is 5.16. The first-order chi connectivity index (χ1) is 10.9. The summed E-state index contributed by atoms with van der Waals surface area (Å²) in [7, 11) is 1.25. The number of nitrogens with one attached hydrogen (secondary N) is 1. The molecular weight excluding hydrogens is 338 g/mol. The average Bonchev–Trinajstić information content (AvgIpc) is 2.51. The molecule has 0 aromatic rings. The molecule has 2 heterocycles. The summed E-state index contributed by atoms with van der Waals surface area (Å²) < 4.78 is 0. The van der Waals surface area contributed by atoms with Crippen molar-refractivity contribution in [1.82, 2.24) is 10.2 Å². The second-order valence-corrected chi connectivity index (χ2v) is 7.13. The van der Waals surface area contributed by atoms with Gasteiger partial charge in [0, 0.05) is 24.1 Å². The monoisotopic (exact) mass is 357 g/mol. The molecule has 9 heteroatoms. The molecule has 23 heavy (non-hydrogen) atoms. The molecule has 1 fully saturated rings. The minimum Gasteiger partial charge on any atom is -0.398 e. The largest absolute Gasteiger partial charge is 0.398 e. The topological polar surface area (TPSA) is 88.1 Å². The van der Waals surface area contributed by atoms with Crippen LogP contribution < -0.4 is 5.32 Å². The van der Waals surface area contributed by atoms with Crippen molar-refractivity contribution < 1.29 is 19.2 Å². The highest BCUT2D eigenvalue weighted by atomic mass is 32.2. The standard InChI is InChI=1S/C14H19N3O4S2/c1-7-9(5-22-4)6-23-14-11(13(20)17(7)14)15-12(19)10(8(2)18)16-21-3/h11,14H,5-6H2,1-4H3,(H,15,19)/b16-10-. The van der Waals surface area contributed by atoms with E-state index in [1.165, 1.54) is 19.6 Å². The number of nitrogens with zero attached hydrogens (tertiary/aromatic N) is 2. The molecule has 2 rings (SSSR count). The maximum absolute atomic E-state index is 12.3. The highest BCUT2D eigenvalue weighted by Crippen LogP contribution is 2.40. The summed E-state index contributed by atoms with van der Waals surface area (Å²) in [5.41, 5.74) is 1.87. The maximum Gasteiger partial charge on any atom is 0.277 e. The number of carbonyl (C=O) groups excluding carboxylic acids is 3. The van der Waals surface area contributed by atoms with E-state index in [-0.39, 0.29) is 17.0 Å². The van der Waals surface area contributed by atoms with Crippen LogP contribution in [-0.4, -0.2) is 64.5 Å². The molecular formula is C14H19N3O4S2. The Kier molecular flexibility index (Phi) is 5.74. The van der Waals surface area contributed by atoms with Crippen LogP contribution in [0.5, 0.6) is 0 Å². The number of thioether (sulfide) groups is 2. The van der Waals surface area contributed by atoms with Crippen LogP contribution in [0.2, 0.25) is 0 Å². The predicted octanol–water partition coefficient (Wildman–Crippen LogP) is 0.615. The fourth-order valence-electron chi connectivity index (χ4n) is 2.47. The number of carbonyl (C=O) groups is 3. The zero-order valence-electron chi connectivity index (χ0n) is 13.4. The number of β-lactam (4-membered cyclic amide) rings is 1. The lowest BCUT2D eigenvalue weighted by Crippen LogP contribution is -2.70. The molecule has 0 aromatic heterocycles. The van der Waals surface area contributed by atoms with Gasteiger partial charge in [0.05, 0.1) is 0 Å². The van der Waals surface area contributed by atoms with Crippen LogP contribution >= 0.6 is 23.5 Å². The summed E-state index contributed by atoms with van der Waals surface area (Å²) in [6, 6.07) is -0.639. The van der Waals surface area contributed by atoms with E-state index >= 15 is 0 Å². The van der Waals surface area contributed by atoms with Crippen LogP contribution in [0.25, 0.3) is 0 Å². The van der Waals surface area contributed by atoms with Gasteiger partial charge in [0.1, 0.15) is 18.5 Å². The Bertz CT molecular complexity index is 603. The number of hydrogen-bond acceptors (Lipinski definition) is 7. The Morgan fingerprint density at radius 1 is 1.52 bits per heavy atom. The minimum atomic E-state index is -0.686. The minimum absolute atomic E-state index is 0.132. The van der Waals surface area contributed by atoms with Crippen molar-refractivity contribution in [2.75, 3.05) is 24.9 Å². The lowest BCUT2D eigenvalue weighted by atomic mass is 10.0. The van der Waals surface area contributed by atoms with Gasteiger partial charge in [-0.2, -0.15) is 11.8 Å². The predicted molar refractivity (Wildman–Crippen MR) is 91.2 cm³/mol. The van der Waals surface area contributed by atoms with Crippen molar-refractivity contribution in [3.63, 3.8) is 0 Å². The zero-order chi connectivity index (χ0) is 17.1. The second kappa shape index (κ2) is 7.39. The van der Waals surface area contributed by atoms with E-state index in [4.69, 9.17) is 0 Å². The van der Waals surface area contributed by atoms with E-state index in [0.29, 0.717) is 0 Å². The zero-order valence-corrected chi connectivity index (χ0v) is 15.0. The van der Waals surface area contributed by atoms with Gasteiger partial charge in [0.15, 0.2) is 5.78 Å². The molecule has 0 aromatic carbocycles. The van der Waals surface area contributed by atoms with E-state index in [1.54, 1.807) is 28.4 Å². The third-order valence-corrected chi connectivity index (χ3v) is 5.66. The number of Topliss-reactive ketones (excluding diaryl/α,β-unsaturated/α-hetero) is 1. The van der Waals surface area contributed by atoms with Crippen LogP contribution in [0, 0.1) is 0 Å². The molecule has 0 bridgehead atoms. The van der Waals surface area contributed by atoms with Gasteiger partial charge in [0.25, 0.3) is 11.8 Å². The van der Waals surface area contributed by atoms with Gasteiger partial charge in [-0.15, -0.1) is 11.8 Å². The summed E-state index contributed by atoms with van der Waals surface area (Å²) in [5, 5.41) is 5.88. The Hall–Kier alpha value is -1.48. The lowest BCUT2D eigenvalue weighted by molar-refractivity contribution is -0.145. The SMILES string of the molecule is CO/N=C(/C(C)=O)C(=O)NC1C(=O)N2C(C)=C(CSC)CSC12. The fraction of sp³-hybridized carbons (Fsp3) is 0.571. The third-order valence-electron chi connectivity index (χ3n) is 3.68. The molecule has 0 saturated carbocycles. The van der Waals surface area contributed by atoms with Crippen LogP contribution in [0.1, 0.15) is 13.8 Å². The Balaban J connectivity index is 2.09. The lowest BCUT2D eigenvalue weighted by Gasteiger charge is -2.50. The quantitative estimate of drug-likeness (QED) is 0.324. The number of allylic oxidation sites excluding steroid dienone is 1. The van der Waals surface area contributed by atoms with E-state index in [9.17, 15) is 14.4 Å². The highest BCUT2D eigenvalue weighted by molar-refractivity contribution is 8.00. The summed E-state index contributed by atoms with van der Waals surface area (Å²) >= 11 is 3.33. The summed E-state index contributed by atoms with van der Waals surface area (Å²) in [5.74, 6) is 0.365. The Morgan fingerprint density at radius 3 is 2.78 bits per heavy atom. The number of hydrogen-bond donors (Lipinski definition) is 1. The molecule has 2 unspecified atom stereocenters.